The number of hydrogen-bond donors (Lipinski definition) is 1. The number of hydrogen-bond acceptors (Lipinski definition) is 3. The van der Waals surface area contributed by atoms with Gasteiger partial charge >= 0.3 is 0 Å². The number of anilines is 1. The van der Waals surface area contributed by atoms with Crippen LogP contribution in [-0.2, 0) is 4.79 Å². The highest BCUT2D eigenvalue weighted by Crippen LogP contribution is 2.25. The number of imidazole rings is 1. The molecule has 1 N–H and O–H groups in total. The second kappa shape index (κ2) is 10.6. The number of rotatable bonds is 7. The van der Waals surface area contributed by atoms with Crippen molar-refractivity contribution in [2.75, 3.05) is 11.9 Å². The van der Waals surface area contributed by atoms with Crippen molar-refractivity contribution in [1.29, 1.82) is 0 Å². The molecule has 0 aliphatic rings. The first kappa shape index (κ1) is 24.2. The minimum atomic E-state index is -0.340. The van der Waals surface area contributed by atoms with Gasteiger partial charge in [-0.3, -0.25) is 19.5 Å². The zero-order valence-electron chi connectivity index (χ0n) is 19.9. The van der Waals surface area contributed by atoms with Crippen molar-refractivity contribution < 1.29 is 9.59 Å². The van der Waals surface area contributed by atoms with Gasteiger partial charge in [0.1, 0.15) is 6.54 Å². The summed E-state index contributed by atoms with van der Waals surface area (Å²) >= 11 is 6.22. The molecule has 0 atom stereocenters. The van der Waals surface area contributed by atoms with Gasteiger partial charge in [-0.15, -0.1) is 0 Å². The molecular weight excluding hydrogens is 460 g/mol. The Morgan fingerprint density at radius 3 is 2.37 bits per heavy atom. The minimum absolute atomic E-state index is 0.104. The van der Waals surface area contributed by atoms with Gasteiger partial charge in [0, 0.05) is 34.1 Å². The second-order valence-corrected chi connectivity index (χ2v) is 9.04. The van der Waals surface area contributed by atoms with Crippen molar-refractivity contribution in [2.24, 2.45) is 0 Å². The summed E-state index contributed by atoms with van der Waals surface area (Å²) in [7, 11) is 0. The van der Waals surface area contributed by atoms with Crippen molar-refractivity contribution in [3.8, 4) is 16.9 Å². The molecule has 7 heteroatoms. The highest BCUT2D eigenvalue weighted by Gasteiger charge is 2.23. The summed E-state index contributed by atoms with van der Waals surface area (Å²) in [5, 5.41) is 3.47. The second-order valence-electron chi connectivity index (χ2n) is 8.61. The molecule has 1 aromatic heterocycles. The van der Waals surface area contributed by atoms with Crippen LogP contribution in [0.3, 0.4) is 0 Å². The average molecular weight is 487 g/mol. The molecule has 178 valence electrons. The fourth-order valence-electron chi connectivity index (χ4n) is 3.71. The number of carbonyl (C=O) groups excluding carboxylic acids is 2. The van der Waals surface area contributed by atoms with E-state index < -0.39 is 0 Å². The fraction of sp³-hybridized carbons (Fsp3) is 0.179. The van der Waals surface area contributed by atoms with Crippen LogP contribution in [0.4, 0.5) is 5.95 Å². The van der Waals surface area contributed by atoms with E-state index in [0.717, 1.165) is 16.8 Å². The Bertz CT molecular complexity index is 1330. The highest BCUT2D eigenvalue weighted by molar-refractivity contribution is 6.30. The summed E-state index contributed by atoms with van der Waals surface area (Å²) in [5.41, 5.74) is 4.00. The number of halogens is 1. The molecule has 0 aliphatic carbocycles. The SMILES string of the molecule is Cc1ccc(C(=O)N(CC(=O)Nc2nc(-c3ccccc3)cn2-c2cccc(Cl)c2)C(C)C)cc1. The van der Waals surface area contributed by atoms with Crippen LogP contribution in [0.1, 0.15) is 29.8 Å². The molecule has 0 unspecified atom stereocenters. The summed E-state index contributed by atoms with van der Waals surface area (Å²) in [4.78, 5) is 32.5. The van der Waals surface area contributed by atoms with Gasteiger partial charge in [-0.2, -0.15) is 0 Å². The van der Waals surface area contributed by atoms with E-state index >= 15 is 0 Å². The van der Waals surface area contributed by atoms with E-state index in [4.69, 9.17) is 11.6 Å². The molecule has 4 aromatic rings. The van der Waals surface area contributed by atoms with Gasteiger partial charge in [0.25, 0.3) is 5.91 Å². The molecule has 2 amide bonds. The number of amides is 2. The molecule has 0 spiro atoms. The molecule has 4 rings (SSSR count). The fourth-order valence-corrected chi connectivity index (χ4v) is 3.89. The lowest BCUT2D eigenvalue weighted by molar-refractivity contribution is -0.117. The first-order valence-electron chi connectivity index (χ1n) is 11.4. The normalized spacial score (nSPS) is 10.9. The summed E-state index contributed by atoms with van der Waals surface area (Å²) in [6, 6.07) is 24.2. The zero-order valence-corrected chi connectivity index (χ0v) is 20.7. The van der Waals surface area contributed by atoms with E-state index in [0.29, 0.717) is 22.2 Å². The number of benzene rings is 3. The molecule has 0 saturated heterocycles. The summed E-state index contributed by atoms with van der Waals surface area (Å²) < 4.78 is 1.79. The van der Waals surface area contributed by atoms with Gasteiger partial charge in [-0.25, -0.2) is 4.98 Å². The number of carbonyl (C=O) groups is 2. The number of nitrogens with one attached hydrogen (secondary N) is 1. The maximum Gasteiger partial charge on any atom is 0.254 e. The summed E-state index contributed by atoms with van der Waals surface area (Å²) in [6.45, 7) is 5.64. The van der Waals surface area contributed by atoms with Crippen LogP contribution in [0.2, 0.25) is 5.02 Å². The zero-order chi connectivity index (χ0) is 24.9. The van der Waals surface area contributed by atoms with Crippen molar-refractivity contribution in [3.63, 3.8) is 0 Å². The van der Waals surface area contributed by atoms with Crippen LogP contribution in [0.15, 0.2) is 85.1 Å². The Kier molecular flexibility index (Phi) is 7.32. The van der Waals surface area contributed by atoms with Crippen LogP contribution in [0.25, 0.3) is 16.9 Å². The lowest BCUT2D eigenvalue weighted by atomic mass is 10.1. The van der Waals surface area contributed by atoms with Crippen LogP contribution in [0, 0.1) is 6.92 Å². The lowest BCUT2D eigenvalue weighted by Gasteiger charge is -2.26. The molecule has 0 saturated carbocycles. The number of nitrogens with zero attached hydrogens (tertiary/aromatic N) is 3. The Balaban J connectivity index is 1.61. The average Bonchev–Trinajstić information content (AvgIpc) is 3.26. The van der Waals surface area contributed by atoms with Gasteiger partial charge in [0.05, 0.1) is 5.69 Å². The van der Waals surface area contributed by atoms with E-state index in [2.05, 4.69) is 10.3 Å². The Morgan fingerprint density at radius 2 is 1.71 bits per heavy atom. The van der Waals surface area contributed by atoms with Gasteiger partial charge in [0.15, 0.2) is 0 Å². The van der Waals surface area contributed by atoms with Crippen LogP contribution >= 0.6 is 11.6 Å². The third kappa shape index (κ3) is 5.78. The molecule has 3 aromatic carbocycles. The first-order valence-corrected chi connectivity index (χ1v) is 11.8. The molecular formula is C28H27ClN4O2. The van der Waals surface area contributed by atoms with Crippen LogP contribution in [0.5, 0.6) is 0 Å². The third-order valence-electron chi connectivity index (χ3n) is 5.61. The van der Waals surface area contributed by atoms with Crippen molar-refractivity contribution in [3.05, 3.63) is 101 Å². The Morgan fingerprint density at radius 1 is 1.00 bits per heavy atom. The third-order valence-corrected chi connectivity index (χ3v) is 5.84. The standard InChI is InChI=1S/C28H27ClN4O2/c1-19(2)32(27(35)22-14-12-20(3)13-15-22)18-26(34)31-28-30-25(21-8-5-4-6-9-21)17-33(28)24-11-7-10-23(29)16-24/h4-17,19H,18H2,1-3H3,(H,30,31,34). The largest absolute Gasteiger partial charge is 0.327 e. The van der Waals surface area contributed by atoms with E-state index in [1.54, 1.807) is 33.7 Å². The number of aromatic nitrogens is 2. The molecule has 1 heterocycles. The first-order chi connectivity index (χ1) is 16.8. The summed E-state index contributed by atoms with van der Waals surface area (Å²) in [5.74, 6) is -0.187. The predicted molar refractivity (Wildman–Crippen MR) is 140 cm³/mol. The molecule has 0 radical (unpaired) electrons. The molecule has 35 heavy (non-hydrogen) atoms. The van der Waals surface area contributed by atoms with E-state index in [1.165, 1.54) is 0 Å². The topological polar surface area (TPSA) is 67.2 Å². The monoisotopic (exact) mass is 486 g/mol. The van der Waals surface area contributed by atoms with Gasteiger partial charge < -0.3 is 4.90 Å². The van der Waals surface area contributed by atoms with E-state index in [1.807, 2.05) is 81.6 Å². The lowest BCUT2D eigenvalue weighted by Crippen LogP contribution is -2.42. The smallest absolute Gasteiger partial charge is 0.254 e. The molecule has 0 aliphatic heterocycles. The maximum atomic E-state index is 13.1. The predicted octanol–water partition coefficient (Wildman–Crippen LogP) is 5.99. The van der Waals surface area contributed by atoms with Crippen molar-refractivity contribution >= 4 is 29.4 Å². The van der Waals surface area contributed by atoms with Crippen molar-refractivity contribution in [1.82, 2.24) is 14.5 Å². The Hall–Kier alpha value is -3.90. The van der Waals surface area contributed by atoms with Crippen molar-refractivity contribution in [2.45, 2.75) is 26.8 Å². The molecule has 6 nitrogen and oxygen atoms in total. The van der Waals surface area contributed by atoms with Crippen LogP contribution < -0.4 is 5.32 Å². The van der Waals surface area contributed by atoms with E-state index in [9.17, 15) is 9.59 Å². The van der Waals surface area contributed by atoms with Gasteiger partial charge in [-0.05, 0) is 51.1 Å². The van der Waals surface area contributed by atoms with Crippen LogP contribution in [-0.4, -0.2) is 38.9 Å². The highest BCUT2D eigenvalue weighted by atomic mass is 35.5. The minimum Gasteiger partial charge on any atom is -0.327 e. The Labute approximate surface area is 210 Å². The molecule has 0 bridgehead atoms. The van der Waals surface area contributed by atoms with Gasteiger partial charge in [0.2, 0.25) is 11.9 Å². The van der Waals surface area contributed by atoms with E-state index in [-0.39, 0.29) is 24.4 Å². The summed E-state index contributed by atoms with van der Waals surface area (Å²) in [6.07, 6.45) is 1.86. The quantitative estimate of drug-likeness (QED) is 0.349. The molecule has 0 fully saturated rings. The number of aryl methyl sites for hydroxylation is 1. The maximum absolute atomic E-state index is 13.1. The van der Waals surface area contributed by atoms with Gasteiger partial charge in [-0.1, -0.05) is 65.7 Å².